The summed E-state index contributed by atoms with van der Waals surface area (Å²) in [5, 5.41) is 12.1. The lowest BCUT2D eigenvalue weighted by atomic mass is 9.92. The second-order valence-electron chi connectivity index (χ2n) is 4.91. The minimum absolute atomic E-state index is 0.214. The Bertz CT molecular complexity index is 431. The Morgan fingerprint density at radius 1 is 1.53 bits per heavy atom. The molecule has 4 heteroatoms. The molecule has 0 spiro atoms. The van der Waals surface area contributed by atoms with Gasteiger partial charge in [0.25, 0.3) is 0 Å². The molecule has 4 nitrogen and oxygen atoms in total. The average Bonchev–Trinajstić information content (AvgIpc) is 2.87. The Hall–Kier alpha value is -1.68. The van der Waals surface area contributed by atoms with Crippen LogP contribution in [-0.4, -0.2) is 22.6 Å². The largest absolute Gasteiger partial charge is 0.481 e. The number of allylic oxidation sites excluding steroid dienone is 2. The normalized spacial score (nSPS) is 22.9. The molecule has 0 bridgehead atoms. The number of carbonyl (C=O) groups is 1. The van der Waals surface area contributed by atoms with Crippen LogP contribution in [0.15, 0.2) is 36.7 Å². The molecule has 1 aliphatic rings. The molecule has 1 aromatic rings. The third-order valence-corrected chi connectivity index (χ3v) is 3.52. The van der Waals surface area contributed by atoms with E-state index < -0.39 is 5.97 Å². The lowest BCUT2D eigenvalue weighted by Gasteiger charge is -2.18. The molecule has 2 rings (SSSR count). The van der Waals surface area contributed by atoms with Crippen molar-refractivity contribution in [1.82, 2.24) is 10.3 Å². The first-order valence-corrected chi connectivity index (χ1v) is 6.77. The van der Waals surface area contributed by atoms with Gasteiger partial charge < -0.3 is 10.4 Å². The standard InChI is InChI=1S/C15H20N2O2/c18-14(19)7-3-1-2-5-12-8-10-17-15(12)13-6-4-9-16-11-13/h1-2,4,6,9,11-12,15,17H,3,5,7-8,10H2,(H,18,19)/b2-1-/t12-,15+/m0/s1. The molecule has 1 saturated heterocycles. The van der Waals surface area contributed by atoms with Crippen LogP contribution >= 0.6 is 0 Å². The molecule has 2 atom stereocenters. The van der Waals surface area contributed by atoms with Crippen molar-refractivity contribution in [1.29, 1.82) is 0 Å². The summed E-state index contributed by atoms with van der Waals surface area (Å²) in [6, 6.07) is 4.45. The summed E-state index contributed by atoms with van der Waals surface area (Å²) < 4.78 is 0. The molecule has 0 amide bonds. The predicted octanol–water partition coefficient (Wildman–Crippen LogP) is 2.54. The molecule has 1 aliphatic heterocycles. The van der Waals surface area contributed by atoms with Gasteiger partial charge in [-0.15, -0.1) is 0 Å². The van der Waals surface area contributed by atoms with Gasteiger partial charge in [-0.25, -0.2) is 0 Å². The number of carboxylic acids is 1. The highest BCUT2D eigenvalue weighted by molar-refractivity contribution is 5.66. The third-order valence-electron chi connectivity index (χ3n) is 3.52. The summed E-state index contributed by atoms with van der Waals surface area (Å²) in [4.78, 5) is 14.6. The highest BCUT2D eigenvalue weighted by Gasteiger charge is 2.26. The number of nitrogens with zero attached hydrogens (tertiary/aromatic N) is 1. The van der Waals surface area contributed by atoms with Gasteiger partial charge in [0.05, 0.1) is 0 Å². The van der Waals surface area contributed by atoms with Gasteiger partial charge in [0.1, 0.15) is 0 Å². The second-order valence-corrected chi connectivity index (χ2v) is 4.91. The van der Waals surface area contributed by atoms with E-state index in [9.17, 15) is 4.79 Å². The highest BCUT2D eigenvalue weighted by Crippen LogP contribution is 2.31. The SMILES string of the molecule is O=C(O)CC/C=C\C[C@H]1CCN[C@H]1c1cccnc1. The second kappa shape index (κ2) is 7.04. The molecule has 1 aromatic heterocycles. The minimum Gasteiger partial charge on any atom is -0.481 e. The van der Waals surface area contributed by atoms with Gasteiger partial charge in [0, 0.05) is 24.9 Å². The van der Waals surface area contributed by atoms with Crippen LogP contribution in [0.4, 0.5) is 0 Å². The molecule has 0 aromatic carbocycles. The Balaban J connectivity index is 1.84. The van der Waals surface area contributed by atoms with Crippen molar-refractivity contribution in [2.24, 2.45) is 5.92 Å². The molecular formula is C15H20N2O2. The summed E-state index contributed by atoms with van der Waals surface area (Å²) in [6.45, 7) is 1.03. The Morgan fingerprint density at radius 3 is 3.16 bits per heavy atom. The third kappa shape index (κ3) is 4.17. The predicted molar refractivity (Wildman–Crippen MR) is 73.7 cm³/mol. The van der Waals surface area contributed by atoms with Gasteiger partial charge in [-0.3, -0.25) is 9.78 Å². The number of hydrogen-bond acceptors (Lipinski definition) is 3. The van der Waals surface area contributed by atoms with E-state index in [2.05, 4.69) is 22.4 Å². The maximum atomic E-state index is 10.4. The van der Waals surface area contributed by atoms with Crippen LogP contribution in [0, 0.1) is 5.92 Å². The molecule has 102 valence electrons. The zero-order chi connectivity index (χ0) is 13.5. The van der Waals surface area contributed by atoms with E-state index in [0.717, 1.165) is 19.4 Å². The lowest BCUT2D eigenvalue weighted by molar-refractivity contribution is -0.136. The van der Waals surface area contributed by atoms with Crippen molar-refractivity contribution in [2.75, 3.05) is 6.54 Å². The van der Waals surface area contributed by atoms with Crippen LogP contribution in [0.1, 0.15) is 37.3 Å². The van der Waals surface area contributed by atoms with E-state index >= 15 is 0 Å². The van der Waals surface area contributed by atoms with Gasteiger partial charge in [-0.05, 0) is 43.4 Å². The lowest BCUT2D eigenvalue weighted by Crippen LogP contribution is -2.17. The van der Waals surface area contributed by atoms with Crippen molar-refractivity contribution in [3.8, 4) is 0 Å². The number of aliphatic carboxylic acids is 1. The molecule has 2 heterocycles. The van der Waals surface area contributed by atoms with Crippen LogP contribution in [0.25, 0.3) is 0 Å². The Labute approximate surface area is 113 Å². The number of pyridine rings is 1. The van der Waals surface area contributed by atoms with Crippen LogP contribution in [-0.2, 0) is 4.79 Å². The summed E-state index contributed by atoms with van der Waals surface area (Å²) in [5.41, 5.74) is 1.24. The van der Waals surface area contributed by atoms with E-state index in [0.29, 0.717) is 18.4 Å². The molecule has 0 radical (unpaired) electrons. The van der Waals surface area contributed by atoms with E-state index in [-0.39, 0.29) is 6.42 Å². The van der Waals surface area contributed by atoms with Crippen molar-refractivity contribution in [2.45, 2.75) is 31.7 Å². The number of nitrogens with one attached hydrogen (secondary N) is 1. The number of aromatic nitrogens is 1. The number of hydrogen-bond donors (Lipinski definition) is 2. The van der Waals surface area contributed by atoms with Gasteiger partial charge in [-0.2, -0.15) is 0 Å². The summed E-state index contributed by atoms with van der Waals surface area (Å²) in [7, 11) is 0. The molecule has 0 aliphatic carbocycles. The Morgan fingerprint density at radius 2 is 2.42 bits per heavy atom. The van der Waals surface area contributed by atoms with Crippen LogP contribution in [0.2, 0.25) is 0 Å². The molecule has 0 saturated carbocycles. The Kier molecular flexibility index (Phi) is 5.10. The van der Waals surface area contributed by atoms with Crippen molar-refractivity contribution >= 4 is 5.97 Å². The van der Waals surface area contributed by atoms with Crippen LogP contribution < -0.4 is 5.32 Å². The monoisotopic (exact) mass is 260 g/mol. The fourth-order valence-corrected chi connectivity index (χ4v) is 2.56. The summed E-state index contributed by atoms with van der Waals surface area (Å²) >= 11 is 0. The van der Waals surface area contributed by atoms with Crippen molar-refractivity contribution in [3.05, 3.63) is 42.2 Å². The maximum absolute atomic E-state index is 10.4. The topological polar surface area (TPSA) is 62.2 Å². The zero-order valence-corrected chi connectivity index (χ0v) is 11.0. The van der Waals surface area contributed by atoms with Gasteiger partial charge in [-0.1, -0.05) is 18.2 Å². The quantitative estimate of drug-likeness (QED) is 0.772. The molecule has 19 heavy (non-hydrogen) atoms. The maximum Gasteiger partial charge on any atom is 0.303 e. The first-order chi connectivity index (χ1) is 9.27. The van der Waals surface area contributed by atoms with Gasteiger partial charge in [0.2, 0.25) is 0 Å². The fraction of sp³-hybridized carbons (Fsp3) is 0.467. The summed E-state index contributed by atoms with van der Waals surface area (Å²) in [5.74, 6) is -0.161. The average molecular weight is 260 g/mol. The van der Waals surface area contributed by atoms with Crippen LogP contribution in [0.3, 0.4) is 0 Å². The molecule has 2 N–H and O–H groups in total. The fourth-order valence-electron chi connectivity index (χ4n) is 2.56. The number of carboxylic acid groups (broad SMARTS) is 1. The molecule has 0 unspecified atom stereocenters. The van der Waals surface area contributed by atoms with E-state index in [4.69, 9.17) is 5.11 Å². The van der Waals surface area contributed by atoms with Crippen LogP contribution in [0.5, 0.6) is 0 Å². The first-order valence-electron chi connectivity index (χ1n) is 6.77. The minimum atomic E-state index is -0.736. The zero-order valence-electron chi connectivity index (χ0n) is 11.0. The summed E-state index contributed by atoms with van der Waals surface area (Å²) in [6.07, 6.45) is 10.8. The van der Waals surface area contributed by atoms with E-state index in [1.165, 1.54) is 5.56 Å². The van der Waals surface area contributed by atoms with E-state index in [1.54, 1.807) is 6.20 Å². The molecular weight excluding hydrogens is 240 g/mol. The smallest absolute Gasteiger partial charge is 0.303 e. The highest BCUT2D eigenvalue weighted by atomic mass is 16.4. The van der Waals surface area contributed by atoms with Crippen molar-refractivity contribution < 1.29 is 9.90 Å². The van der Waals surface area contributed by atoms with Crippen molar-refractivity contribution in [3.63, 3.8) is 0 Å². The van der Waals surface area contributed by atoms with Gasteiger partial charge in [0.15, 0.2) is 0 Å². The molecule has 1 fully saturated rings. The first kappa shape index (κ1) is 13.7. The van der Waals surface area contributed by atoms with Gasteiger partial charge >= 0.3 is 5.97 Å². The number of rotatable bonds is 6. The van der Waals surface area contributed by atoms with E-state index in [1.807, 2.05) is 18.3 Å².